The maximum atomic E-state index is 13.5. The van der Waals surface area contributed by atoms with Gasteiger partial charge in [0, 0.05) is 36.9 Å². The number of nitrogens with zero attached hydrogens (tertiary/aromatic N) is 3. The molecule has 2 heterocycles. The topological polar surface area (TPSA) is 84.0 Å². The quantitative estimate of drug-likeness (QED) is 0.525. The van der Waals surface area contributed by atoms with Gasteiger partial charge in [0.2, 0.25) is 5.91 Å². The summed E-state index contributed by atoms with van der Waals surface area (Å²) in [5.74, 6) is 0.583. The third-order valence-corrected chi connectivity index (χ3v) is 6.53. The van der Waals surface area contributed by atoms with Crippen LogP contribution in [0.2, 0.25) is 10.0 Å². The van der Waals surface area contributed by atoms with Crippen LogP contribution >= 0.6 is 23.2 Å². The van der Waals surface area contributed by atoms with Crippen molar-refractivity contribution in [3.63, 3.8) is 0 Å². The number of piperazine rings is 1. The van der Waals surface area contributed by atoms with E-state index in [1.54, 1.807) is 60.7 Å². The molecule has 0 unspecified atom stereocenters. The molecule has 1 aliphatic heterocycles. The van der Waals surface area contributed by atoms with Crippen molar-refractivity contribution in [1.29, 1.82) is 0 Å². The summed E-state index contributed by atoms with van der Waals surface area (Å²) in [4.78, 5) is 34.4. The number of benzene rings is 2. The van der Waals surface area contributed by atoms with Gasteiger partial charge in [-0.2, -0.15) is 0 Å². The summed E-state index contributed by atoms with van der Waals surface area (Å²) in [5.41, 5.74) is 1.69. The molecule has 3 aromatic rings. The smallest absolute Gasteiger partial charge is 0.259 e. The standard InChI is InChI=1S/C25H24Cl2N4O4/c1-34-18-6-3-16(4-7-18)29-24(32)22-15-30(25(33)19-14-28-10-9-23(19)35-2)11-12-31(22)17-5-8-20(26)21(27)13-17/h3-10,13-14,22H,11-12,15H2,1-2H3,(H,29,32)/t22-/m0/s1. The number of amides is 2. The summed E-state index contributed by atoms with van der Waals surface area (Å²) in [7, 11) is 3.08. The van der Waals surface area contributed by atoms with Crippen molar-refractivity contribution in [1.82, 2.24) is 9.88 Å². The number of hydrogen-bond acceptors (Lipinski definition) is 6. The SMILES string of the molecule is COc1ccc(NC(=O)[C@@H]2CN(C(=O)c3cnccc3OC)CCN2c2ccc(Cl)c(Cl)c2)cc1. The highest BCUT2D eigenvalue weighted by Gasteiger charge is 2.36. The molecule has 0 bridgehead atoms. The minimum atomic E-state index is -0.685. The molecule has 2 amide bonds. The van der Waals surface area contributed by atoms with Crippen LogP contribution in [0.1, 0.15) is 10.4 Å². The van der Waals surface area contributed by atoms with Crippen LogP contribution in [0.5, 0.6) is 11.5 Å². The van der Waals surface area contributed by atoms with Gasteiger partial charge in [-0.25, -0.2) is 0 Å². The Bertz CT molecular complexity index is 1220. The van der Waals surface area contributed by atoms with Crippen LogP contribution in [-0.4, -0.2) is 61.6 Å². The third-order valence-electron chi connectivity index (χ3n) is 5.79. The Labute approximate surface area is 213 Å². The summed E-state index contributed by atoms with van der Waals surface area (Å²) in [6, 6.07) is 13.2. The van der Waals surface area contributed by atoms with E-state index < -0.39 is 6.04 Å². The summed E-state index contributed by atoms with van der Waals surface area (Å²) >= 11 is 12.4. The van der Waals surface area contributed by atoms with E-state index in [4.69, 9.17) is 32.7 Å². The van der Waals surface area contributed by atoms with Gasteiger partial charge in [-0.3, -0.25) is 14.6 Å². The average molecular weight is 515 g/mol. The van der Waals surface area contributed by atoms with E-state index >= 15 is 0 Å². The van der Waals surface area contributed by atoms with Crippen LogP contribution in [-0.2, 0) is 4.79 Å². The number of carbonyl (C=O) groups is 2. The van der Waals surface area contributed by atoms with Gasteiger partial charge in [-0.05, 0) is 48.5 Å². The lowest BCUT2D eigenvalue weighted by Crippen LogP contribution is -2.59. The van der Waals surface area contributed by atoms with Crippen LogP contribution in [0.15, 0.2) is 60.9 Å². The summed E-state index contributed by atoms with van der Waals surface area (Å²) in [6.07, 6.45) is 3.03. The first-order chi connectivity index (χ1) is 16.9. The van der Waals surface area contributed by atoms with E-state index in [1.165, 1.54) is 13.3 Å². The fourth-order valence-electron chi connectivity index (χ4n) is 3.96. The van der Waals surface area contributed by atoms with Gasteiger partial charge in [-0.1, -0.05) is 23.2 Å². The molecule has 2 aromatic carbocycles. The number of aromatic nitrogens is 1. The lowest BCUT2D eigenvalue weighted by Gasteiger charge is -2.42. The van der Waals surface area contributed by atoms with E-state index in [1.807, 2.05) is 11.0 Å². The first kappa shape index (κ1) is 24.6. The highest BCUT2D eigenvalue weighted by molar-refractivity contribution is 6.42. The van der Waals surface area contributed by atoms with E-state index in [9.17, 15) is 9.59 Å². The Morgan fingerprint density at radius 1 is 1.00 bits per heavy atom. The molecule has 182 valence electrons. The zero-order chi connectivity index (χ0) is 24.9. The monoisotopic (exact) mass is 514 g/mol. The molecule has 1 saturated heterocycles. The normalized spacial score (nSPS) is 15.5. The summed E-state index contributed by atoms with van der Waals surface area (Å²) < 4.78 is 10.5. The molecule has 4 rings (SSSR count). The second kappa shape index (κ2) is 10.8. The van der Waals surface area contributed by atoms with Crippen LogP contribution in [0, 0.1) is 0 Å². The zero-order valence-electron chi connectivity index (χ0n) is 19.2. The number of methoxy groups -OCH3 is 2. The molecular formula is C25H24Cl2N4O4. The average Bonchev–Trinajstić information content (AvgIpc) is 2.90. The molecule has 0 spiro atoms. The second-order valence-corrected chi connectivity index (χ2v) is 8.67. The number of carbonyl (C=O) groups excluding carboxylic acids is 2. The Balaban J connectivity index is 1.62. The zero-order valence-corrected chi connectivity index (χ0v) is 20.7. The van der Waals surface area contributed by atoms with Gasteiger partial charge in [-0.15, -0.1) is 0 Å². The van der Waals surface area contributed by atoms with Gasteiger partial charge in [0.15, 0.2) is 0 Å². The van der Waals surface area contributed by atoms with E-state index in [-0.39, 0.29) is 18.4 Å². The molecular weight excluding hydrogens is 491 g/mol. The number of nitrogens with one attached hydrogen (secondary N) is 1. The van der Waals surface area contributed by atoms with Gasteiger partial charge in [0.1, 0.15) is 17.5 Å². The number of halogens is 2. The third kappa shape index (κ3) is 5.44. The first-order valence-corrected chi connectivity index (χ1v) is 11.6. The van der Waals surface area contributed by atoms with Crippen molar-refractivity contribution in [3.05, 3.63) is 76.5 Å². The lowest BCUT2D eigenvalue weighted by molar-refractivity contribution is -0.118. The van der Waals surface area contributed by atoms with E-state index in [0.29, 0.717) is 45.9 Å². The van der Waals surface area contributed by atoms with Gasteiger partial charge >= 0.3 is 0 Å². The molecule has 1 fully saturated rings. The summed E-state index contributed by atoms with van der Waals surface area (Å²) in [5, 5.41) is 3.75. The highest BCUT2D eigenvalue weighted by Crippen LogP contribution is 2.30. The minimum Gasteiger partial charge on any atom is -0.497 e. The van der Waals surface area contributed by atoms with Crippen molar-refractivity contribution in [2.24, 2.45) is 0 Å². The van der Waals surface area contributed by atoms with Crippen molar-refractivity contribution in [3.8, 4) is 11.5 Å². The Morgan fingerprint density at radius 3 is 2.46 bits per heavy atom. The van der Waals surface area contributed by atoms with Gasteiger partial charge in [0.05, 0.1) is 36.4 Å². The number of hydrogen-bond donors (Lipinski definition) is 1. The fourth-order valence-corrected chi connectivity index (χ4v) is 4.25. The predicted molar refractivity (Wildman–Crippen MR) is 136 cm³/mol. The number of rotatable bonds is 6. The molecule has 0 saturated carbocycles. The largest absolute Gasteiger partial charge is 0.497 e. The maximum absolute atomic E-state index is 13.5. The van der Waals surface area contributed by atoms with Crippen LogP contribution in [0.25, 0.3) is 0 Å². The van der Waals surface area contributed by atoms with E-state index in [2.05, 4.69) is 10.3 Å². The van der Waals surface area contributed by atoms with Crippen molar-refractivity contribution >= 4 is 46.4 Å². The van der Waals surface area contributed by atoms with E-state index in [0.717, 1.165) is 5.69 Å². The van der Waals surface area contributed by atoms with Crippen molar-refractivity contribution < 1.29 is 19.1 Å². The van der Waals surface area contributed by atoms with Crippen molar-refractivity contribution in [2.75, 3.05) is 44.1 Å². The molecule has 8 nitrogen and oxygen atoms in total. The fraction of sp³-hybridized carbons (Fsp3) is 0.240. The lowest BCUT2D eigenvalue weighted by atomic mass is 10.1. The van der Waals surface area contributed by atoms with Crippen molar-refractivity contribution in [2.45, 2.75) is 6.04 Å². The molecule has 0 radical (unpaired) electrons. The van der Waals surface area contributed by atoms with Crippen LogP contribution in [0.3, 0.4) is 0 Å². The number of anilines is 2. The molecule has 1 N–H and O–H groups in total. The number of pyridine rings is 1. The van der Waals surface area contributed by atoms with Crippen LogP contribution in [0.4, 0.5) is 11.4 Å². The predicted octanol–water partition coefficient (Wildman–Crippen LogP) is 4.38. The molecule has 35 heavy (non-hydrogen) atoms. The van der Waals surface area contributed by atoms with Crippen LogP contribution < -0.4 is 19.7 Å². The molecule has 1 aliphatic rings. The van der Waals surface area contributed by atoms with Gasteiger partial charge < -0.3 is 24.6 Å². The molecule has 1 atom stereocenters. The van der Waals surface area contributed by atoms with Gasteiger partial charge in [0.25, 0.3) is 5.91 Å². The Kier molecular flexibility index (Phi) is 7.63. The molecule has 1 aromatic heterocycles. The first-order valence-electron chi connectivity index (χ1n) is 10.8. The second-order valence-electron chi connectivity index (χ2n) is 7.85. The number of ether oxygens (including phenoxy) is 2. The Hall–Kier alpha value is -3.49. The highest BCUT2D eigenvalue weighted by atomic mass is 35.5. The summed E-state index contributed by atoms with van der Waals surface area (Å²) in [6.45, 7) is 0.954. The maximum Gasteiger partial charge on any atom is 0.259 e. The minimum absolute atomic E-state index is 0.152. The molecule has 10 heteroatoms. The molecule has 0 aliphatic carbocycles. The Morgan fingerprint density at radius 2 is 1.77 bits per heavy atom.